The van der Waals surface area contributed by atoms with Crippen LogP contribution < -0.4 is 5.73 Å². The SMILES string of the molecule is CCc1cc(C2CC2)nc(CC(C)N)n1. The summed E-state index contributed by atoms with van der Waals surface area (Å²) < 4.78 is 0. The molecule has 1 saturated carbocycles. The molecule has 1 unspecified atom stereocenters. The summed E-state index contributed by atoms with van der Waals surface area (Å²) in [6, 6.07) is 2.30. The quantitative estimate of drug-likeness (QED) is 0.815. The van der Waals surface area contributed by atoms with Gasteiger partial charge >= 0.3 is 0 Å². The molecule has 0 saturated heterocycles. The zero-order valence-corrected chi connectivity index (χ0v) is 9.53. The summed E-state index contributed by atoms with van der Waals surface area (Å²) in [7, 11) is 0. The number of nitrogens with zero attached hydrogens (tertiary/aromatic N) is 2. The summed E-state index contributed by atoms with van der Waals surface area (Å²) >= 11 is 0. The van der Waals surface area contributed by atoms with Gasteiger partial charge < -0.3 is 5.73 Å². The highest BCUT2D eigenvalue weighted by atomic mass is 14.9. The van der Waals surface area contributed by atoms with E-state index in [2.05, 4.69) is 23.0 Å². The van der Waals surface area contributed by atoms with Crippen LogP contribution in [0.2, 0.25) is 0 Å². The molecular formula is C12H19N3. The standard InChI is InChI=1S/C12H19N3/c1-3-10-7-11(9-4-5-9)15-12(14-10)6-8(2)13/h7-9H,3-6,13H2,1-2H3. The van der Waals surface area contributed by atoms with Crippen molar-refractivity contribution in [3.05, 3.63) is 23.3 Å². The Labute approximate surface area is 91.1 Å². The van der Waals surface area contributed by atoms with Crippen molar-refractivity contribution in [3.63, 3.8) is 0 Å². The molecule has 3 nitrogen and oxygen atoms in total. The molecule has 0 aromatic carbocycles. The van der Waals surface area contributed by atoms with Crippen LogP contribution >= 0.6 is 0 Å². The summed E-state index contributed by atoms with van der Waals surface area (Å²) in [4.78, 5) is 9.10. The Hall–Kier alpha value is -0.960. The molecule has 1 atom stereocenters. The second kappa shape index (κ2) is 4.27. The van der Waals surface area contributed by atoms with Gasteiger partial charge in [0, 0.05) is 29.8 Å². The average molecular weight is 205 g/mol. The van der Waals surface area contributed by atoms with Crippen molar-refractivity contribution in [1.82, 2.24) is 9.97 Å². The first-order valence-corrected chi connectivity index (χ1v) is 5.81. The molecule has 0 aliphatic heterocycles. The van der Waals surface area contributed by atoms with Gasteiger partial charge in [0.05, 0.1) is 0 Å². The maximum absolute atomic E-state index is 5.78. The van der Waals surface area contributed by atoms with Crippen LogP contribution in [0.15, 0.2) is 6.07 Å². The Morgan fingerprint density at radius 1 is 1.47 bits per heavy atom. The van der Waals surface area contributed by atoms with Crippen LogP contribution in [-0.2, 0) is 12.8 Å². The summed E-state index contributed by atoms with van der Waals surface area (Å²) in [5.74, 6) is 1.62. The normalized spacial score (nSPS) is 17.8. The van der Waals surface area contributed by atoms with E-state index in [1.54, 1.807) is 0 Å². The molecule has 2 rings (SSSR count). The van der Waals surface area contributed by atoms with E-state index < -0.39 is 0 Å². The molecule has 0 bridgehead atoms. The molecule has 0 radical (unpaired) electrons. The summed E-state index contributed by atoms with van der Waals surface area (Å²) in [6.45, 7) is 4.13. The van der Waals surface area contributed by atoms with Gasteiger partial charge in [0.25, 0.3) is 0 Å². The number of aryl methyl sites for hydroxylation is 1. The minimum atomic E-state index is 0.143. The second-order valence-corrected chi connectivity index (χ2v) is 4.51. The van der Waals surface area contributed by atoms with Gasteiger partial charge in [-0.3, -0.25) is 0 Å². The Kier molecular flexibility index (Phi) is 3.00. The molecule has 0 spiro atoms. The van der Waals surface area contributed by atoms with Gasteiger partial charge in [0.15, 0.2) is 0 Å². The first-order chi connectivity index (χ1) is 7.19. The molecule has 2 N–H and O–H groups in total. The van der Waals surface area contributed by atoms with Crippen molar-refractivity contribution in [2.45, 2.75) is 51.5 Å². The molecule has 1 aromatic rings. The van der Waals surface area contributed by atoms with Gasteiger partial charge in [-0.05, 0) is 32.3 Å². The molecule has 3 heteroatoms. The van der Waals surface area contributed by atoms with E-state index in [0.29, 0.717) is 5.92 Å². The first-order valence-electron chi connectivity index (χ1n) is 5.81. The maximum atomic E-state index is 5.78. The molecule has 1 aliphatic rings. The fraction of sp³-hybridized carbons (Fsp3) is 0.667. The zero-order chi connectivity index (χ0) is 10.8. The third-order valence-corrected chi connectivity index (χ3v) is 2.71. The molecule has 1 fully saturated rings. The minimum Gasteiger partial charge on any atom is -0.328 e. The van der Waals surface area contributed by atoms with Crippen molar-refractivity contribution in [1.29, 1.82) is 0 Å². The van der Waals surface area contributed by atoms with E-state index in [1.807, 2.05) is 6.92 Å². The smallest absolute Gasteiger partial charge is 0.130 e. The van der Waals surface area contributed by atoms with E-state index in [0.717, 1.165) is 24.4 Å². The van der Waals surface area contributed by atoms with Crippen molar-refractivity contribution in [2.24, 2.45) is 5.73 Å². The fourth-order valence-electron chi connectivity index (χ4n) is 1.72. The molecule has 1 aliphatic carbocycles. The average Bonchev–Trinajstić information content (AvgIpc) is 2.99. The fourth-order valence-corrected chi connectivity index (χ4v) is 1.72. The van der Waals surface area contributed by atoms with Crippen LogP contribution in [0.4, 0.5) is 0 Å². The summed E-state index contributed by atoms with van der Waals surface area (Å²) in [5.41, 5.74) is 8.17. The van der Waals surface area contributed by atoms with Gasteiger partial charge in [-0.15, -0.1) is 0 Å². The molecule has 15 heavy (non-hydrogen) atoms. The Bertz CT molecular complexity index is 343. The Morgan fingerprint density at radius 3 is 2.73 bits per heavy atom. The maximum Gasteiger partial charge on any atom is 0.130 e. The van der Waals surface area contributed by atoms with Crippen molar-refractivity contribution in [3.8, 4) is 0 Å². The van der Waals surface area contributed by atoms with Gasteiger partial charge in [0.1, 0.15) is 5.82 Å². The highest BCUT2D eigenvalue weighted by Gasteiger charge is 2.25. The molecule has 1 aromatic heterocycles. The third kappa shape index (κ3) is 2.75. The third-order valence-electron chi connectivity index (χ3n) is 2.71. The lowest BCUT2D eigenvalue weighted by Crippen LogP contribution is -2.20. The number of aromatic nitrogens is 2. The van der Waals surface area contributed by atoms with Crippen LogP contribution in [0.3, 0.4) is 0 Å². The van der Waals surface area contributed by atoms with E-state index in [-0.39, 0.29) is 6.04 Å². The number of rotatable bonds is 4. The van der Waals surface area contributed by atoms with Gasteiger partial charge in [-0.2, -0.15) is 0 Å². The van der Waals surface area contributed by atoms with Crippen molar-refractivity contribution >= 4 is 0 Å². The van der Waals surface area contributed by atoms with Crippen molar-refractivity contribution in [2.75, 3.05) is 0 Å². The van der Waals surface area contributed by atoms with Crippen LogP contribution in [0, 0.1) is 0 Å². The zero-order valence-electron chi connectivity index (χ0n) is 9.53. The lowest BCUT2D eigenvalue weighted by Gasteiger charge is -2.08. The molecule has 82 valence electrons. The van der Waals surface area contributed by atoms with Crippen LogP contribution in [0.25, 0.3) is 0 Å². The lowest BCUT2D eigenvalue weighted by molar-refractivity contribution is 0.689. The predicted molar refractivity (Wildman–Crippen MR) is 60.7 cm³/mol. The Morgan fingerprint density at radius 2 is 2.20 bits per heavy atom. The van der Waals surface area contributed by atoms with Gasteiger partial charge in [0.2, 0.25) is 0 Å². The van der Waals surface area contributed by atoms with E-state index in [9.17, 15) is 0 Å². The minimum absolute atomic E-state index is 0.143. The summed E-state index contributed by atoms with van der Waals surface area (Å²) in [5, 5.41) is 0. The largest absolute Gasteiger partial charge is 0.328 e. The van der Waals surface area contributed by atoms with Gasteiger partial charge in [-0.25, -0.2) is 9.97 Å². The van der Waals surface area contributed by atoms with Gasteiger partial charge in [-0.1, -0.05) is 6.92 Å². The number of nitrogens with two attached hydrogens (primary N) is 1. The van der Waals surface area contributed by atoms with E-state index in [1.165, 1.54) is 18.5 Å². The highest BCUT2D eigenvalue weighted by Crippen LogP contribution is 2.39. The molecular weight excluding hydrogens is 186 g/mol. The Balaban J connectivity index is 2.24. The van der Waals surface area contributed by atoms with E-state index >= 15 is 0 Å². The summed E-state index contributed by atoms with van der Waals surface area (Å²) in [6.07, 6.45) is 4.34. The topological polar surface area (TPSA) is 51.8 Å². The van der Waals surface area contributed by atoms with Crippen LogP contribution in [0.5, 0.6) is 0 Å². The molecule has 1 heterocycles. The number of hydrogen-bond donors (Lipinski definition) is 1. The van der Waals surface area contributed by atoms with E-state index in [4.69, 9.17) is 5.73 Å². The number of hydrogen-bond acceptors (Lipinski definition) is 3. The second-order valence-electron chi connectivity index (χ2n) is 4.51. The highest BCUT2D eigenvalue weighted by molar-refractivity contribution is 5.19. The first kappa shape index (κ1) is 10.6. The van der Waals surface area contributed by atoms with Crippen LogP contribution in [-0.4, -0.2) is 16.0 Å². The predicted octanol–water partition coefficient (Wildman–Crippen LogP) is 1.81. The monoisotopic (exact) mass is 205 g/mol. The molecule has 0 amide bonds. The van der Waals surface area contributed by atoms with Crippen molar-refractivity contribution < 1.29 is 0 Å². The lowest BCUT2D eigenvalue weighted by atomic mass is 10.2. The van der Waals surface area contributed by atoms with Crippen LogP contribution in [0.1, 0.15) is 49.8 Å².